The molecule has 0 bridgehead atoms. The highest BCUT2D eigenvalue weighted by molar-refractivity contribution is 6.31. The Morgan fingerprint density at radius 3 is 2.38 bits per heavy atom. The van der Waals surface area contributed by atoms with Crippen molar-refractivity contribution < 1.29 is 23.3 Å². The molecule has 2 saturated heterocycles. The monoisotopic (exact) mass is 420 g/mol. The molecule has 2 aliphatic heterocycles. The topological polar surface area (TPSA) is 53.9 Å². The van der Waals surface area contributed by atoms with E-state index in [1.54, 1.807) is 12.1 Å². The normalized spacial score (nSPS) is 24.8. The van der Waals surface area contributed by atoms with Gasteiger partial charge in [0.1, 0.15) is 11.6 Å². The minimum absolute atomic E-state index is 0.119. The molecule has 29 heavy (non-hydrogen) atoms. The first-order chi connectivity index (χ1) is 13.9. The Hall–Kier alpha value is -2.51. The molecule has 2 aromatic rings. The summed E-state index contributed by atoms with van der Waals surface area (Å²) in [6.07, 6.45) is 1.82. The van der Waals surface area contributed by atoms with E-state index in [2.05, 4.69) is 5.32 Å². The third-order valence-corrected chi connectivity index (χ3v) is 5.93. The Balaban J connectivity index is 1.38. The van der Waals surface area contributed by atoms with Crippen molar-refractivity contribution in [3.05, 3.63) is 59.1 Å². The van der Waals surface area contributed by atoms with Crippen molar-refractivity contribution in [3.63, 3.8) is 0 Å². The predicted molar refractivity (Wildman–Crippen MR) is 106 cm³/mol. The van der Waals surface area contributed by atoms with Crippen LogP contribution in [0.2, 0.25) is 5.02 Å². The van der Waals surface area contributed by atoms with Gasteiger partial charge in [-0.3, -0.25) is 9.59 Å². The molecule has 0 aromatic heterocycles. The first kappa shape index (κ1) is 19.8. The fraction of sp³-hybridized carbons (Fsp3) is 0.333. The van der Waals surface area contributed by atoms with E-state index < -0.39 is 11.9 Å². The molecule has 152 valence electrons. The summed E-state index contributed by atoms with van der Waals surface area (Å²) in [5, 5.41) is 3.27. The minimum Gasteiger partial charge on any atom is -0.382 e. The molecule has 2 N–H and O–H groups in total. The number of imide groups is 1. The van der Waals surface area contributed by atoms with Crippen LogP contribution in [0.5, 0.6) is 0 Å². The average molecular weight is 421 g/mol. The summed E-state index contributed by atoms with van der Waals surface area (Å²) >= 11 is 5.81. The summed E-state index contributed by atoms with van der Waals surface area (Å²) < 4.78 is 26.4. The van der Waals surface area contributed by atoms with Gasteiger partial charge in [0, 0.05) is 24.6 Å². The maximum absolute atomic E-state index is 13.4. The molecular formula is C21H21ClF2N3O2+. The van der Waals surface area contributed by atoms with Crippen molar-refractivity contribution in [2.24, 2.45) is 0 Å². The zero-order valence-electron chi connectivity index (χ0n) is 15.6. The van der Waals surface area contributed by atoms with Gasteiger partial charge in [0.2, 0.25) is 5.91 Å². The van der Waals surface area contributed by atoms with Crippen LogP contribution in [0, 0.1) is 11.6 Å². The molecule has 0 radical (unpaired) electrons. The smallest absolute Gasteiger partial charge is 0.292 e. The Bertz CT molecular complexity index is 930. The van der Waals surface area contributed by atoms with Crippen LogP contribution in [-0.2, 0) is 9.59 Å². The highest BCUT2D eigenvalue weighted by Crippen LogP contribution is 2.27. The second-order valence-electron chi connectivity index (χ2n) is 7.51. The van der Waals surface area contributed by atoms with Gasteiger partial charge in [0.25, 0.3) is 5.91 Å². The summed E-state index contributed by atoms with van der Waals surface area (Å²) in [5.74, 6) is -1.42. The number of amides is 2. The van der Waals surface area contributed by atoms with E-state index in [0.29, 0.717) is 5.69 Å². The number of anilines is 2. The Kier molecular flexibility index (Phi) is 5.52. The van der Waals surface area contributed by atoms with Crippen LogP contribution < -0.4 is 15.1 Å². The lowest BCUT2D eigenvalue weighted by Crippen LogP contribution is -3.17. The number of carbonyl (C=O) groups is 2. The van der Waals surface area contributed by atoms with E-state index in [9.17, 15) is 18.4 Å². The van der Waals surface area contributed by atoms with Gasteiger partial charge in [-0.25, -0.2) is 13.7 Å². The SMILES string of the molecule is O=C1C[C@@H]([NH+]2CCC(Nc3ccc(F)cc3)CC2)C(=O)N1c1ccc(F)c(Cl)c1. The second kappa shape index (κ2) is 8.08. The zero-order chi connectivity index (χ0) is 20.5. The summed E-state index contributed by atoms with van der Waals surface area (Å²) in [6.45, 7) is 1.50. The minimum atomic E-state index is -0.590. The van der Waals surface area contributed by atoms with Crippen molar-refractivity contribution in [2.75, 3.05) is 23.3 Å². The molecular weight excluding hydrogens is 400 g/mol. The lowest BCUT2D eigenvalue weighted by molar-refractivity contribution is -0.919. The highest BCUT2D eigenvalue weighted by atomic mass is 35.5. The van der Waals surface area contributed by atoms with Gasteiger partial charge in [-0.15, -0.1) is 0 Å². The average Bonchev–Trinajstić information content (AvgIpc) is 3.01. The molecule has 4 rings (SSSR count). The van der Waals surface area contributed by atoms with E-state index in [0.717, 1.165) is 47.5 Å². The van der Waals surface area contributed by atoms with Crippen LogP contribution in [0.1, 0.15) is 19.3 Å². The molecule has 2 fully saturated rings. The highest BCUT2D eigenvalue weighted by Gasteiger charge is 2.46. The third kappa shape index (κ3) is 4.11. The van der Waals surface area contributed by atoms with Crippen molar-refractivity contribution in [1.29, 1.82) is 0 Å². The number of hydrogen-bond acceptors (Lipinski definition) is 3. The fourth-order valence-electron chi connectivity index (χ4n) is 4.11. The molecule has 2 aromatic carbocycles. The molecule has 2 aliphatic rings. The molecule has 1 atom stereocenters. The second-order valence-corrected chi connectivity index (χ2v) is 7.91. The van der Waals surface area contributed by atoms with E-state index in [1.807, 2.05) is 0 Å². The van der Waals surface area contributed by atoms with Crippen LogP contribution in [0.25, 0.3) is 0 Å². The Morgan fingerprint density at radius 1 is 1.03 bits per heavy atom. The van der Waals surface area contributed by atoms with Crippen molar-refractivity contribution in [1.82, 2.24) is 0 Å². The number of rotatable bonds is 4. The molecule has 2 amide bonds. The zero-order valence-corrected chi connectivity index (χ0v) is 16.4. The Morgan fingerprint density at radius 2 is 1.72 bits per heavy atom. The number of piperidine rings is 1. The standard InChI is InChI=1S/C21H20ClF2N3O2/c22-17-11-16(5-6-18(17)24)27-20(28)12-19(21(27)29)26-9-7-15(8-10-26)25-14-3-1-13(23)2-4-14/h1-6,11,15,19,25H,7-10,12H2/p+1/t19-/m1/s1. The molecule has 0 saturated carbocycles. The summed E-state index contributed by atoms with van der Waals surface area (Å²) in [4.78, 5) is 27.6. The van der Waals surface area contributed by atoms with E-state index >= 15 is 0 Å². The first-order valence-electron chi connectivity index (χ1n) is 9.61. The van der Waals surface area contributed by atoms with Crippen LogP contribution in [0.3, 0.4) is 0 Å². The maximum Gasteiger partial charge on any atom is 0.292 e. The number of likely N-dealkylation sites (tertiary alicyclic amines) is 1. The molecule has 2 heterocycles. The number of nitrogens with one attached hydrogen (secondary N) is 2. The number of benzene rings is 2. The molecule has 5 nitrogen and oxygen atoms in total. The fourth-order valence-corrected chi connectivity index (χ4v) is 4.28. The summed E-state index contributed by atoms with van der Waals surface area (Å²) in [6, 6.07) is 9.92. The van der Waals surface area contributed by atoms with Crippen molar-refractivity contribution in [3.8, 4) is 0 Å². The summed E-state index contributed by atoms with van der Waals surface area (Å²) in [5.41, 5.74) is 1.17. The van der Waals surface area contributed by atoms with E-state index in [1.165, 1.54) is 24.3 Å². The van der Waals surface area contributed by atoms with Gasteiger partial charge in [-0.1, -0.05) is 11.6 Å². The van der Waals surface area contributed by atoms with E-state index in [-0.39, 0.29) is 35.1 Å². The third-order valence-electron chi connectivity index (χ3n) is 5.64. The predicted octanol–water partition coefficient (Wildman–Crippen LogP) is 2.41. The number of carbonyl (C=O) groups excluding carboxylic acids is 2. The number of hydrogen-bond donors (Lipinski definition) is 2. The van der Waals surface area contributed by atoms with Gasteiger partial charge in [0.05, 0.1) is 30.2 Å². The van der Waals surface area contributed by atoms with Gasteiger partial charge < -0.3 is 10.2 Å². The van der Waals surface area contributed by atoms with Crippen molar-refractivity contribution in [2.45, 2.75) is 31.3 Å². The van der Waals surface area contributed by atoms with Gasteiger partial charge in [-0.2, -0.15) is 0 Å². The number of quaternary nitrogens is 1. The maximum atomic E-state index is 13.4. The van der Waals surface area contributed by atoms with Gasteiger partial charge >= 0.3 is 0 Å². The molecule has 8 heteroatoms. The molecule has 0 spiro atoms. The van der Waals surface area contributed by atoms with Gasteiger partial charge in [0.15, 0.2) is 6.04 Å². The van der Waals surface area contributed by atoms with Crippen molar-refractivity contribution >= 4 is 34.8 Å². The quantitative estimate of drug-likeness (QED) is 0.747. The van der Waals surface area contributed by atoms with Crippen LogP contribution >= 0.6 is 11.6 Å². The molecule has 0 aliphatic carbocycles. The lowest BCUT2D eigenvalue weighted by atomic mass is 10.0. The van der Waals surface area contributed by atoms with Gasteiger partial charge in [-0.05, 0) is 42.5 Å². The van der Waals surface area contributed by atoms with Crippen LogP contribution in [0.4, 0.5) is 20.2 Å². The van der Waals surface area contributed by atoms with E-state index in [4.69, 9.17) is 11.6 Å². The van der Waals surface area contributed by atoms with Crippen LogP contribution in [0.15, 0.2) is 42.5 Å². The number of halogens is 3. The Labute approximate surface area is 172 Å². The largest absolute Gasteiger partial charge is 0.382 e. The summed E-state index contributed by atoms with van der Waals surface area (Å²) in [7, 11) is 0. The van der Waals surface area contributed by atoms with Crippen LogP contribution in [-0.4, -0.2) is 37.0 Å². The lowest BCUT2D eigenvalue weighted by Gasteiger charge is -2.32. The molecule has 0 unspecified atom stereocenters. The number of nitrogens with zero attached hydrogens (tertiary/aromatic N) is 1. The first-order valence-corrected chi connectivity index (χ1v) is 9.98.